The molecule has 6 nitrogen and oxygen atoms in total. The first kappa shape index (κ1) is 11.5. The van der Waals surface area contributed by atoms with Crippen LogP contribution in [0, 0.1) is 0 Å². The molecule has 1 aliphatic rings. The molecule has 1 fully saturated rings. The number of rotatable bonds is 3. The number of amides is 2. The predicted molar refractivity (Wildman–Crippen MR) is 52.3 cm³/mol. The molecule has 1 unspecified atom stereocenters. The van der Waals surface area contributed by atoms with Crippen LogP contribution in [0.5, 0.6) is 0 Å². The van der Waals surface area contributed by atoms with Gasteiger partial charge >= 0.3 is 12.0 Å². The first-order chi connectivity index (χ1) is 7.06. The van der Waals surface area contributed by atoms with Gasteiger partial charge in [0.25, 0.3) is 0 Å². The van der Waals surface area contributed by atoms with Crippen molar-refractivity contribution in [3.05, 3.63) is 12.7 Å². The minimum atomic E-state index is -1.10. The molecule has 0 radical (unpaired) electrons. The van der Waals surface area contributed by atoms with E-state index in [0.29, 0.717) is 0 Å². The van der Waals surface area contributed by atoms with Gasteiger partial charge in [-0.2, -0.15) is 0 Å². The number of urea groups is 1. The Hall–Kier alpha value is -1.56. The van der Waals surface area contributed by atoms with E-state index in [-0.39, 0.29) is 19.5 Å². The molecule has 15 heavy (non-hydrogen) atoms. The number of carboxylic acids is 1. The van der Waals surface area contributed by atoms with E-state index in [2.05, 4.69) is 11.9 Å². The van der Waals surface area contributed by atoms with Gasteiger partial charge in [-0.15, -0.1) is 6.58 Å². The predicted octanol–water partition coefficient (Wildman–Crippen LogP) is -0.598. The highest BCUT2D eigenvalue weighted by molar-refractivity contribution is 5.83. The monoisotopic (exact) mass is 214 g/mol. The van der Waals surface area contributed by atoms with Crippen LogP contribution >= 0.6 is 0 Å². The average molecular weight is 214 g/mol. The number of hydrogen-bond acceptors (Lipinski definition) is 3. The van der Waals surface area contributed by atoms with Crippen molar-refractivity contribution in [2.24, 2.45) is 0 Å². The third-order valence-corrected chi connectivity index (χ3v) is 2.22. The van der Waals surface area contributed by atoms with E-state index in [1.54, 1.807) is 0 Å². The molecular formula is C9H14N2O4. The Kier molecular flexibility index (Phi) is 3.68. The van der Waals surface area contributed by atoms with Crippen LogP contribution in [0.4, 0.5) is 4.79 Å². The van der Waals surface area contributed by atoms with Gasteiger partial charge in [0, 0.05) is 19.5 Å². The molecular weight excluding hydrogens is 200 g/mol. The van der Waals surface area contributed by atoms with Crippen LogP contribution in [-0.2, 0) is 4.79 Å². The number of carbonyl (C=O) groups is 2. The Morgan fingerprint density at radius 3 is 2.80 bits per heavy atom. The van der Waals surface area contributed by atoms with Crippen LogP contribution in [-0.4, -0.2) is 52.3 Å². The van der Waals surface area contributed by atoms with Crippen molar-refractivity contribution in [3.63, 3.8) is 0 Å². The molecule has 0 aromatic carbocycles. The van der Waals surface area contributed by atoms with E-state index in [9.17, 15) is 14.7 Å². The quantitative estimate of drug-likeness (QED) is 0.547. The summed E-state index contributed by atoms with van der Waals surface area (Å²) in [6.07, 6.45) is 0.817. The van der Waals surface area contributed by atoms with Crippen LogP contribution in [0.1, 0.15) is 6.42 Å². The fraction of sp³-hybridized carbons (Fsp3) is 0.556. The first-order valence-corrected chi connectivity index (χ1v) is 4.62. The Bertz CT molecular complexity index is 279. The van der Waals surface area contributed by atoms with Crippen molar-refractivity contribution >= 4 is 12.0 Å². The molecule has 84 valence electrons. The molecule has 6 heteroatoms. The maximum atomic E-state index is 11.5. The van der Waals surface area contributed by atoms with Crippen LogP contribution in [0.2, 0.25) is 0 Å². The summed E-state index contributed by atoms with van der Waals surface area (Å²) in [4.78, 5) is 23.4. The summed E-state index contributed by atoms with van der Waals surface area (Å²) < 4.78 is 0. The number of aliphatic hydroxyl groups is 1. The topological polar surface area (TPSA) is 89.9 Å². The van der Waals surface area contributed by atoms with Crippen LogP contribution in [0.15, 0.2) is 12.7 Å². The number of nitrogens with one attached hydrogen (secondary N) is 1. The summed E-state index contributed by atoms with van der Waals surface area (Å²) in [6, 6.07) is -1.43. The van der Waals surface area contributed by atoms with Gasteiger partial charge in [-0.3, -0.25) is 0 Å². The largest absolute Gasteiger partial charge is 0.480 e. The molecule has 1 saturated heterocycles. The highest BCUT2D eigenvalue weighted by atomic mass is 16.4. The van der Waals surface area contributed by atoms with E-state index in [4.69, 9.17) is 5.11 Å². The van der Waals surface area contributed by atoms with Crippen molar-refractivity contribution in [2.45, 2.75) is 18.6 Å². The number of hydrogen-bond donors (Lipinski definition) is 3. The van der Waals surface area contributed by atoms with Crippen molar-refractivity contribution in [2.75, 3.05) is 13.1 Å². The van der Waals surface area contributed by atoms with Gasteiger partial charge in [0.1, 0.15) is 6.04 Å². The molecule has 1 aliphatic heterocycles. The van der Waals surface area contributed by atoms with Gasteiger partial charge in [0.05, 0.1) is 6.10 Å². The minimum Gasteiger partial charge on any atom is -0.480 e. The fourth-order valence-electron chi connectivity index (χ4n) is 1.53. The SMILES string of the molecule is C=CCNC(=O)N1CC(O)C[C@H]1C(=O)O. The molecule has 3 N–H and O–H groups in total. The first-order valence-electron chi connectivity index (χ1n) is 4.62. The lowest BCUT2D eigenvalue weighted by Gasteiger charge is -2.20. The van der Waals surface area contributed by atoms with E-state index < -0.39 is 24.1 Å². The van der Waals surface area contributed by atoms with Gasteiger partial charge < -0.3 is 20.4 Å². The minimum absolute atomic E-state index is 0.0555. The van der Waals surface area contributed by atoms with E-state index in [1.807, 2.05) is 0 Å². The Balaban J connectivity index is 2.62. The summed E-state index contributed by atoms with van der Waals surface area (Å²) in [6.45, 7) is 3.76. The lowest BCUT2D eigenvalue weighted by atomic mass is 10.2. The van der Waals surface area contributed by atoms with Crippen molar-refractivity contribution in [3.8, 4) is 0 Å². The summed E-state index contributed by atoms with van der Waals surface area (Å²) in [5, 5.41) is 20.6. The molecule has 2 atom stereocenters. The fourth-order valence-corrected chi connectivity index (χ4v) is 1.53. The molecule has 0 saturated carbocycles. The molecule has 0 spiro atoms. The van der Waals surface area contributed by atoms with E-state index in [0.717, 1.165) is 4.90 Å². The zero-order valence-corrected chi connectivity index (χ0v) is 8.22. The van der Waals surface area contributed by atoms with Gasteiger partial charge in [-0.05, 0) is 0 Å². The zero-order chi connectivity index (χ0) is 11.4. The van der Waals surface area contributed by atoms with Gasteiger partial charge in [0.15, 0.2) is 0 Å². The Labute approximate surface area is 87.2 Å². The van der Waals surface area contributed by atoms with E-state index >= 15 is 0 Å². The zero-order valence-electron chi connectivity index (χ0n) is 8.22. The standard InChI is InChI=1S/C9H14N2O4/c1-2-3-10-9(15)11-5-6(12)4-7(11)8(13)14/h2,6-7,12H,1,3-5H2,(H,10,15)(H,13,14)/t6?,7-/m0/s1. The molecule has 0 bridgehead atoms. The number of β-amino-alcohol motifs (C(OH)–C–C–N with tert-alkyl or cyclic N) is 1. The summed E-state index contributed by atoms with van der Waals surface area (Å²) >= 11 is 0. The summed E-state index contributed by atoms with van der Waals surface area (Å²) in [5.41, 5.74) is 0. The number of carbonyl (C=O) groups excluding carboxylic acids is 1. The number of aliphatic hydroxyl groups excluding tert-OH is 1. The molecule has 1 heterocycles. The maximum absolute atomic E-state index is 11.5. The smallest absolute Gasteiger partial charge is 0.326 e. The van der Waals surface area contributed by atoms with Crippen LogP contribution in [0.25, 0.3) is 0 Å². The molecule has 0 aromatic rings. The average Bonchev–Trinajstić information content (AvgIpc) is 2.57. The highest BCUT2D eigenvalue weighted by Crippen LogP contribution is 2.17. The number of aliphatic carboxylic acids is 1. The molecule has 1 rings (SSSR count). The second-order valence-corrected chi connectivity index (χ2v) is 3.37. The molecule has 2 amide bonds. The number of nitrogens with zero attached hydrogens (tertiary/aromatic N) is 1. The van der Waals surface area contributed by atoms with E-state index in [1.165, 1.54) is 6.08 Å². The van der Waals surface area contributed by atoms with Crippen molar-refractivity contribution in [1.82, 2.24) is 10.2 Å². The van der Waals surface area contributed by atoms with Crippen LogP contribution in [0.3, 0.4) is 0 Å². The second-order valence-electron chi connectivity index (χ2n) is 3.37. The Morgan fingerprint density at radius 1 is 1.60 bits per heavy atom. The lowest BCUT2D eigenvalue weighted by molar-refractivity contribution is -0.141. The Morgan fingerprint density at radius 2 is 2.27 bits per heavy atom. The normalized spacial score (nSPS) is 25.0. The third-order valence-electron chi connectivity index (χ3n) is 2.22. The maximum Gasteiger partial charge on any atom is 0.326 e. The van der Waals surface area contributed by atoms with Gasteiger partial charge in [0.2, 0.25) is 0 Å². The van der Waals surface area contributed by atoms with Gasteiger partial charge in [-0.1, -0.05) is 6.08 Å². The molecule has 0 aromatic heterocycles. The van der Waals surface area contributed by atoms with Crippen LogP contribution < -0.4 is 5.32 Å². The van der Waals surface area contributed by atoms with Crippen molar-refractivity contribution < 1.29 is 19.8 Å². The molecule has 0 aliphatic carbocycles. The summed E-state index contributed by atoms with van der Waals surface area (Å²) in [7, 11) is 0. The third kappa shape index (κ3) is 2.69. The second kappa shape index (κ2) is 4.79. The number of likely N-dealkylation sites (tertiary alicyclic amines) is 1. The van der Waals surface area contributed by atoms with Gasteiger partial charge in [-0.25, -0.2) is 9.59 Å². The summed E-state index contributed by atoms with van der Waals surface area (Å²) in [5.74, 6) is -1.10. The lowest BCUT2D eigenvalue weighted by Crippen LogP contribution is -2.46. The van der Waals surface area contributed by atoms with Crippen molar-refractivity contribution in [1.29, 1.82) is 0 Å². The highest BCUT2D eigenvalue weighted by Gasteiger charge is 2.38. The number of carboxylic acid groups (broad SMARTS) is 1.